The van der Waals surface area contributed by atoms with Crippen molar-refractivity contribution in [3.63, 3.8) is 0 Å². The molecule has 2 nitrogen and oxygen atoms in total. The second kappa shape index (κ2) is 3.79. The first-order valence-electron chi connectivity index (χ1n) is 4.57. The summed E-state index contributed by atoms with van der Waals surface area (Å²) in [6.07, 6.45) is 0. The van der Waals surface area contributed by atoms with Gasteiger partial charge in [0.2, 0.25) is 0 Å². The van der Waals surface area contributed by atoms with Gasteiger partial charge in [-0.3, -0.25) is 0 Å². The second-order valence-corrected chi connectivity index (χ2v) is 3.87. The van der Waals surface area contributed by atoms with Crippen LogP contribution in [0.5, 0.6) is 5.75 Å². The molecule has 0 spiro atoms. The van der Waals surface area contributed by atoms with Crippen molar-refractivity contribution < 1.29 is 5.11 Å². The van der Waals surface area contributed by atoms with Gasteiger partial charge in [0.15, 0.2) is 0 Å². The van der Waals surface area contributed by atoms with Crippen LogP contribution in [0.2, 0.25) is 0 Å². The van der Waals surface area contributed by atoms with Crippen molar-refractivity contribution in [1.29, 1.82) is 0 Å². The first-order chi connectivity index (χ1) is 6.00. The molecule has 0 radical (unpaired) electrons. The summed E-state index contributed by atoms with van der Waals surface area (Å²) in [6.45, 7) is 6.10. The van der Waals surface area contributed by atoms with Gasteiger partial charge < -0.3 is 10.8 Å². The Kier molecular flexibility index (Phi) is 2.94. The standard InChI is InChI=1S/C11H17NO/c1-7(2)11(12)9-4-8(3)5-10(13)6-9/h4-7,11,13H,12H2,1-3H3. The lowest BCUT2D eigenvalue weighted by Crippen LogP contribution is -2.16. The van der Waals surface area contributed by atoms with Gasteiger partial charge in [0.1, 0.15) is 5.75 Å². The van der Waals surface area contributed by atoms with E-state index in [-0.39, 0.29) is 6.04 Å². The summed E-state index contributed by atoms with van der Waals surface area (Å²) in [5.41, 5.74) is 8.02. The molecule has 1 aromatic rings. The fraction of sp³-hybridized carbons (Fsp3) is 0.455. The molecule has 0 heterocycles. The maximum atomic E-state index is 9.37. The maximum absolute atomic E-state index is 9.37. The van der Waals surface area contributed by atoms with E-state index in [0.717, 1.165) is 11.1 Å². The molecule has 0 aromatic heterocycles. The quantitative estimate of drug-likeness (QED) is 0.732. The van der Waals surface area contributed by atoms with E-state index in [1.54, 1.807) is 12.1 Å². The number of hydrogen-bond donors (Lipinski definition) is 2. The molecular formula is C11H17NO. The van der Waals surface area contributed by atoms with E-state index < -0.39 is 0 Å². The smallest absolute Gasteiger partial charge is 0.116 e. The molecule has 0 fully saturated rings. The highest BCUT2D eigenvalue weighted by Gasteiger charge is 2.11. The minimum Gasteiger partial charge on any atom is -0.508 e. The number of phenolic OH excluding ortho intramolecular Hbond substituents is 1. The van der Waals surface area contributed by atoms with Gasteiger partial charge in [0, 0.05) is 6.04 Å². The van der Waals surface area contributed by atoms with E-state index in [2.05, 4.69) is 13.8 Å². The predicted molar refractivity (Wildman–Crippen MR) is 54.6 cm³/mol. The molecular weight excluding hydrogens is 162 g/mol. The molecule has 0 bridgehead atoms. The molecule has 0 aliphatic rings. The van der Waals surface area contributed by atoms with Crippen LogP contribution in [0, 0.1) is 12.8 Å². The number of aryl methyl sites for hydroxylation is 1. The molecule has 1 rings (SSSR count). The zero-order valence-corrected chi connectivity index (χ0v) is 8.41. The molecule has 0 aliphatic carbocycles. The van der Waals surface area contributed by atoms with Crippen molar-refractivity contribution in [3.05, 3.63) is 29.3 Å². The fourth-order valence-corrected chi connectivity index (χ4v) is 1.37. The Morgan fingerprint density at radius 2 is 1.85 bits per heavy atom. The molecule has 1 aromatic carbocycles. The molecule has 13 heavy (non-hydrogen) atoms. The van der Waals surface area contributed by atoms with Gasteiger partial charge in [-0.05, 0) is 36.1 Å². The summed E-state index contributed by atoms with van der Waals surface area (Å²) in [7, 11) is 0. The average molecular weight is 179 g/mol. The summed E-state index contributed by atoms with van der Waals surface area (Å²) in [5, 5.41) is 9.37. The first-order valence-corrected chi connectivity index (χ1v) is 4.57. The third kappa shape index (κ3) is 2.46. The molecule has 3 N–H and O–H groups in total. The maximum Gasteiger partial charge on any atom is 0.116 e. The van der Waals surface area contributed by atoms with Gasteiger partial charge in [-0.2, -0.15) is 0 Å². The molecule has 1 unspecified atom stereocenters. The van der Waals surface area contributed by atoms with Crippen molar-refractivity contribution in [3.8, 4) is 5.75 Å². The van der Waals surface area contributed by atoms with Gasteiger partial charge in [-0.15, -0.1) is 0 Å². The summed E-state index contributed by atoms with van der Waals surface area (Å²) in [4.78, 5) is 0. The lowest BCUT2D eigenvalue weighted by Gasteiger charge is -2.16. The minimum absolute atomic E-state index is 0.00537. The van der Waals surface area contributed by atoms with Crippen molar-refractivity contribution in [2.75, 3.05) is 0 Å². The molecule has 0 saturated heterocycles. The van der Waals surface area contributed by atoms with Crippen LogP contribution in [0.3, 0.4) is 0 Å². The highest BCUT2D eigenvalue weighted by Crippen LogP contribution is 2.23. The Labute approximate surface area is 79.4 Å². The summed E-state index contributed by atoms with van der Waals surface area (Å²) in [5.74, 6) is 0.687. The predicted octanol–water partition coefficient (Wildman–Crippen LogP) is 2.36. The van der Waals surface area contributed by atoms with Gasteiger partial charge in [-0.25, -0.2) is 0 Å². The third-order valence-electron chi connectivity index (χ3n) is 2.19. The SMILES string of the molecule is Cc1cc(O)cc(C(N)C(C)C)c1. The van der Waals surface area contributed by atoms with E-state index in [9.17, 15) is 5.11 Å². The van der Waals surface area contributed by atoms with Gasteiger partial charge >= 0.3 is 0 Å². The van der Waals surface area contributed by atoms with E-state index >= 15 is 0 Å². The van der Waals surface area contributed by atoms with E-state index in [0.29, 0.717) is 11.7 Å². The lowest BCUT2D eigenvalue weighted by molar-refractivity contribution is 0.468. The first kappa shape index (κ1) is 10.1. The summed E-state index contributed by atoms with van der Waals surface area (Å²) in [6, 6.07) is 5.49. The Morgan fingerprint density at radius 3 is 2.31 bits per heavy atom. The zero-order chi connectivity index (χ0) is 10.0. The Balaban J connectivity index is 3.01. The summed E-state index contributed by atoms with van der Waals surface area (Å²) >= 11 is 0. The van der Waals surface area contributed by atoms with Gasteiger partial charge in [0.25, 0.3) is 0 Å². The van der Waals surface area contributed by atoms with Gasteiger partial charge in [-0.1, -0.05) is 19.9 Å². The number of aromatic hydroxyl groups is 1. The van der Waals surface area contributed by atoms with Crippen LogP contribution in [0.25, 0.3) is 0 Å². The monoisotopic (exact) mass is 179 g/mol. The highest BCUT2D eigenvalue weighted by atomic mass is 16.3. The largest absolute Gasteiger partial charge is 0.508 e. The van der Waals surface area contributed by atoms with E-state index in [1.807, 2.05) is 13.0 Å². The Bertz CT molecular complexity index is 274. The normalized spacial score (nSPS) is 13.3. The van der Waals surface area contributed by atoms with Crippen LogP contribution < -0.4 is 5.73 Å². The number of phenols is 1. The molecule has 72 valence electrons. The van der Waals surface area contributed by atoms with Crippen molar-refractivity contribution in [2.24, 2.45) is 11.7 Å². The Hall–Kier alpha value is -1.02. The zero-order valence-electron chi connectivity index (χ0n) is 8.41. The Morgan fingerprint density at radius 1 is 1.23 bits per heavy atom. The van der Waals surface area contributed by atoms with Crippen LogP contribution >= 0.6 is 0 Å². The van der Waals surface area contributed by atoms with Crippen LogP contribution in [0.1, 0.15) is 31.0 Å². The van der Waals surface area contributed by atoms with Crippen molar-refractivity contribution in [1.82, 2.24) is 0 Å². The number of hydrogen-bond acceptors (Lipinski definition) is 2. The third-order valence-corrected chi connectivity index (χ3v) is 2.19. The molecule has 1 atom stereocenters. The van der Waals surface area contributed by atoms with E-state index in [4.69, 9.17) is 5.73 Å². The second-order valence-electron chi connectivity index (χ2n) is 3.87. The molecule has 2 heteroatoms. The molecule has 0 amide bonds. The number of nitrogens with two attached hydrogens (primary N) is 1. The fourth-order valence-electron chi connectivity index (χ4n) is 1.37. The summed E-state index contributed by atoms with van der Waals surface area (Å²) < 4.78 is 0. The van der Waals surface area contributed by atoms with Crippen molar-refractivity contribution >= 4 is 0 Å². The van der Waals surface area contributed by atoms with Gasteiger partial charge in [0.05, 0.1) is 0 Å². The van der Waals surface area contributed by atoms with Crippen LogP contribution in [-0.2, 0) is 0 Å². The van der Waals surface area contributed by atoms with Crippen LogP contribution in [0.15, 0.2) is 18.2 Å². The van der Waals surface area contributed by atoms with Crippen molar-refractivity contribution in [2.45, 2.75) is 26.8 Å². The highest BCUT2D eigenvalue weighted by molar-refractivity contribution is 5.34. The number of benzene rings is 1. The van der Waals surface area contributed by atoms with Crippen LogP contribution in [0.4, 0.5) is 0 Å². The minimum atomic E-state index is 0.00537. The average Bonchev–Trinajstić information content (AvgIpc) is 2.01. The lowest BCUT2D eigenvalue weighted by atomic mass is 9.96. The molecule has 0 aliphatic heterocycles. The topological polar surface area (TPSA) is 46.2 Å². The van der Waals surface area contributed by atoms with Crippen LogP contribution in [-0.4, -0.2) is 5.11 Å². The number of rotatable bonds is 2. The van der Waals surface area contributed by atoms with E-state index in [1.165, 1.54) is 0 Å². The molecule has 0 saturated carbocycles.